The number of hydrogen-bond acceptors (Lipinski definition) is 6. The smallest absolute Gasteiger partial charge is 0.258 e. The summed E-state index contributed by atoms with van der Waals surface area (Å²) in [6, 6.07) is 12.8. The number of ether oxygens (including phenoxy) is 1. The minimum atomic E-state index is -0.125. The second kappa shape index (κ2) is 6.60. The predicted molar refractivity (Wildman–Crippen MR) is 101 cm³/mol. The molecule has 2 aromatic carbocycles. The monoisotopic (exact) mass is 363 g/mol. The third-order valence-electron chi connectivity index (χ3n) is 4.22. The SMILES string of the molecule is COc1ccc2oc(-c3noc(-c4ccc(NC(C)=O)cc4)n3)c(C)c2c1. The number of nitrogens with zero attached hydrogens (tertiary/aromatic N) is 2. The number of nitrogens with one attached hydrogen (secondary N) is 1. The van der Waals surface area contributed by atoms with E-state index in [2.05, 4.69) is 15.5 Å². The second-order valence-corrected chi connectivity index (χ2v) is 6.10. The largest absolute Gasteiger partial charge is 0.497 e. The highest BCUT2D eigenvalue weighted by atomic mass is 16.5. The topological polar surface area (TPSA) is 90.4 Å². The Hall–Kier alpha value is -3.61. The molecule has 1 N–H and O–H groups in total. The Morgan fingerprint density at radius 2 is 1.93 bits per heavy atom. The van der Waals surface area contributed by atoms with E-state index < -0.39 is 0 Å². The number of carbonyl (C=O) groups is 1. The van der Waals surface area contributed by atoms with Gasteiger partial charge in [0.25, 0.3) is 5.89 Å². The van der Waals surface area contributed by atoms with E-state index in [9.17, 15) is 4.79 Å². The van der Waals surface area contributed by atoms with E-state index in [0.29, 0.717) is 23.2 Å². The maximum absolute atomic E-state index is 11.1. The van der Waals surface area contributed by atoms with E-state index >= 15 is 0 Å². The fourth-order valence-corrected chi connectivity index (χ4v) is 2.87. The summed E-state index contributed by atoms with van der Waals surface area (Å²) in [5.74, 6) is 1.94. The molecule has 0 fully saturated rings. The fourth-order valence-electron chi connectivity index (χ4n) is 2.87. The molecule has 7 nitrogen and oxygen atoms in total. The van der Waals surface area contributed by atoms with Crippen LogP contribution in [-0.4, -0.2) is 23.2 Å². The molecule has 0 atom stereocenters. The molecule has 0 saturated heterocycles. The van der Waals surface area contributed by atoms with E-state index in [1.165, 1.54) is 6.92 Å². The van der Waals surface area contributed by atoms with Crippen LogP contribution < -0.4 is 10.1 Å². The van der Waals surface area contributed by atoms with Gasteiger partial charge < -0.3 is 19.0 Å². The van der Waals surface area contributed by atoms with Crippen LogP contribution >= 0.6 is 0 Å². The number of rotatable bonds is 4. The summed E-state index contributed by atoms with van der Waals surface area (Å²) in [5, 5.41) is 7.71. The van der Waals surface area contributed by atoms with Gasteiger partial charge in [0.2, 0.25) is 11.7 Å². The van der Waals surface area contributed by atoms with Crippen molar-refractivity contribution in [3.8, 4) is 28.8 Å². The zero-order chi connectivity index (χ0) is 19.0. The molecule has 4 rings (SSSR count). The number of carbonyl (C=O) groups excluding carboxylic acids is 1. The molecular formula is C20H17N3O4. The van der Waals surface area contributed by atoms with Crippen molar-refractivity contribution in [2.45, 2.75) is 13.8 Å². The molecule has 1 amide bonds. The number of aromatic nitrogens is 2. The molecule has 136 valence electrons. The number of amides is 1. The van der Waals surface area contributed by atoms with Crippen LogP contribution in [0, 0.1) is 6.92 Å². The van der Waals surface area contributed by atoms with Crippen molar-refractivity contribution in [3.05, 3.63) is 48.0 Å². The fraction of sp³-hybridized carbons (Fsp3) is 0.150. The normalized spacial score (nSPS) is 10.9. The highest BCUT2D eigenvalue weighted by Crippen LogP contribution is 2.34. The molecule has 0 radical (unpaired) electrons. The summed E-state index contributed by atoms with van der Waals surface area (Å²) >= 11 is 0. The summed E-state index contributed by atoms with van der Waals surface area (Å²) in [5.41, 5.74) is 3.10. The third-order valence-corrected chi connectivity index (χ3v) is 4.22. The first-order valence-electron chi connectivity index (χ1n) is 8.34. The number of benzene rings is 2. The van der Waals surface area contributed by atoms with E-state index in [1.54, 1.807) is 31.4 Å². The molecule has 0 aliphatic carbocycles. The van der Waals surface area contributed by atoms with Gasteiger partial charge in [-0.15, -0.1) is 0 Å². The van der Waals surface area contributed by atoms with Crippen molar-refractivity contribution in [1.29, 1.82) is 0 Å². The maximum atomic E-state index is 11.1. The Kier molecular flexibility index (Phi) is 4.12. The predicted octanol–water partition coefficient (Wildman–Crippen LogP) is 4.43. The Bertz CT molecular complexity index is 1130. The number of fused-ring (bicyclic) bond motifs is 1. The van der Waals surface area contributed by atoms with Gasteiger partial charge in [-0.25, -0.2) is 0 Å². The average Bonchev–Trinajstić information content (AvgIpc) is 3.27. The van der Waals surface area contributed by atoms with Crippen LogP contribution in [-0.2, 0) is 4.79 Å². The van der Waals surface area contributed by atoms with Gasteiger partial charge in [0.15, 0.2) is 5.76 Å². The van der Waals surface area contributed by atoms with Crippen molar-refractivity contribution in [3.63, 3.8) is 0 Å². The number of hydrogen-bond donors (Lipinski definition) is 1. The lowest BCUT2D eigenvalue weighted by atomic mass is 10.1. The zero-order valence-electron chi connectivity index (χ0n) is 15.1. The lowest BCUT2D eigenvalue weighted by Gasteiger charge is -2.01. The quantitative estimate of drug-likeness (QED) is 0.577. The number of anilines is 1. The molecule has 0 spiro atoms. The molecule has 0 aliphatic rings. The van der Waals surface area contributed by atoms with Crippen LogP contribution in [0.3, 0.4) is 0 Å². The summed E-state index contributed by atoms with van der Waals surface area (Å²) < 4.78 is 16.6. The van der Waals surface area contributed by atoms with Gasteiger partial charge in [-0.3, -0.25) is 4.79 Å². The van der Waals surface area contributed by atoms with Gasteiger partial charge in [-0.1, -0.05) is 5.16 Å². The van der Waals surface area contributed by atoms with E-state index in [4.69, 9.17) is 13.7 Å². The molecule has 0 bridgehead atoms. The van der Waals surface area contributed by atoms with Gasteiger partial charge in [0.1, 0.15) is 11.3 Å². The van der Waals surface area contributed by atoms with Crippen molar-refractivity contribution >= 4 is 22.6 Å². The van der Waals surface area contributed by atoms with Crippen LogP contribution in [0.1, 0.15) is 12.5 Å². The summed E-state index contributed by atoms with van der Waals surface area (Å²) in [6.45, 7) is 3.41. The van der Waals surface area contributed by atoms with Crippen LogP contribution in [0.15, 0.2) is 51.4 Å². The van der Waals surface area contributed by atoms with Crippen molar-refractivity contribution in [1.82, 2.24) is 10.1 Å². The van der Waals surface area contributed by atoms with E-state index in [0.717, 1.165) is 27.8 Å². The molecule has 2 heterocycles. The standard InChI is InChI=1S/C20H17N3O4/c1-11-16-10-15(25-3)8-9-17(16)26-18(11)19-22-20(27-23-19)13-4-6-14(7-5-13)21-12(2)24/h4-10H,1-3H3,(H,21,24). The van der Waals surface area contributed by atoms with Crippen LogP contribution in [0.25, 0.3) is 34.0 Å². The summed E-state index contributed by atoms with van der Waals surface area (Å²) in [4.78, 5) is 15.6. The lowest BCUT2D eigenvalue weighted by molar-refractivity contribution is -0.114. The van der Waals surface area contributed by atoms with Crippen LogP contribution in [0.2, 0.25) is 0 Å². The van der Waals surface area contributed by atoms with Gasteiger partial charge in [0.05, 0.1) is 7.11 Å². The molecular weight excluding hydrogens is 346 g/mol. The molecule has 4 aromatic rings. The molecule has 0 unspecified atom stereocenters. The van der Waals surface area contributed by atoms with Crippen molar-refractivity contribution in [2.24, 2.45) is 0 Å². The molecule has 2 aromatic heterocycles. The second-order valence-electron chi connectivity index (χ2n) is 6.10. The van der Waals surface area contributed by atoms with Gasteiger partial charge in [-0.2, -0.15) is 4.98 Å². The Morgan fingerprint density at radius 3 is 2.63 bits per heavy atom. The zero-order valence-corrected chi connectivity index (χ0v) is 15.1. The van der Waals surface area contributed by atoms with Crippen molar-refractivity contribution < 1.29 is 18.5 Å². The summed E-state index contributed by atoms with van der Waals surface area (Å²) in [7, 11) is 1.63. The maximum Gasteiger partial charge on any atom is 0.258 e. The molecule has 0 saturated carbocycles. The van der Waals surface area contributed by atoms with Crippen LogP contribution in [0.5, 0.6) is 5.75 Å². The van der Waals surface area contributed by atoms with Crippen molar-refractivity contribution in [2.75, 3.05) is 12.4 Å². The first kappa shape index (κ1) is 16.8. The Labute approximate surface area is 154 Å². The Balaban J connectivity index is 1.67. The highest BCUT2D eigenvalue weighted by Gasteiger charge is 2.19. The molecule has 27 heavy (non-hydrogen) atoms. The lowest BCUT2D eigenvalue weighted by Crippen LogP contribution is -2.05. The number of methoxy groups -OCH3 is 1. The van der Waals surface area contributed by atoms with Gasteiger partial charge in [0, 0.05) is 29.1 Å². The summed E-state index contributed by atoms with van der Waals surface area (Å²) in [6.07, 6.45) is 0. The van der Waals surface area contributed by atoms with Gasteiger partial charge in [-0.05, 0) is 49.4 Å². The first-order valence-corrected chi connectivity index (χ1v) is 8.34. The minimum Gasteiger partial charge on any atom is -0.497 e. The van der Waals surface area contributed by atoms with Gasteiger partial charge >= 0.3 is 0 Å². The Morgan fingerprint density at radius 1 is 1.15 bits per heavy atom. The van der Waals surface area contributed by atoms with Crippen LogP contribution in [0.4, 0.5) is 5.69 Å². The molecule has 7 heteroatoms. The minimum absolute atomic E-state index is 0.125. The highest BCUT2D eigenvalue weighted by molar-refractivity contribution is 5.89. The number of furan rings is 1. The first-order chi connectivity index (χ1) is 13.0. The van der Waals surface area contributed by atoms with E-state index in [1.807, 2.05) is 25.1 Å². The number of aryl methyl sites for hydroxylation is 1. The molecule has 0 aliphatic heterocycles. The average molecular weight is 363 g/mol. The van der Waals surface area contributed by atoms with E-state index in [-0.39, 0.29) is 5.91 Å². The third kappa shape index (κ3) is 3.15.